The summed E-state index contributed by atoms with van der Waals surface area (Å²) < 4.78 is 1.85. The zero-order valence-corrected chi connectivity index (χ0v) is 8.74. The molecule has 1 aromatic heterocycles. The van der Waals surface area contributed by atoms with Crippen LogP contribution in [-0.2, 0) is 13.6 Å². The van der Waals surface area contributed by atoms with E-state index >= 15 is 0 Å². The molecule has 2 N–H and O–H groups in total. The lowest BCUT2D eigenvalue weighted by atomic mass is 10.1. The zero-order valence-electron chi connectivity index (χ0n) is 8.74. The fraction of sp³-hybridized carbons (Fsp3) is 0.700. The SMILES string of the molecule is Cn1cc(CN)c(N2CCCCC2)n1. The fourth-order valence-electron chi connectivity index (χ4n) is 2.04. The van der Waals surface area contributed by atoms with Crippen LogP contribution in [0.15, 0.2) is 6.20 Å². The average Bonchev–Trinajstić information content (AvgIpc) is 2.61. The van der Waals surface area contributed by atoms with Crippen molar-refractivity contribution in [3.05, 3.63) is 11.8 Å². The number of hydrogen-bond donors (Lipinski definition) is 1. The summed E-state index contributed by atoms with van der Waals surface area (Å²) in [7, 11) is 1.95. The lowest BCUT2D eigenvalue weighted by Crippen LogP contribution is -2.30. The third-order valence-corrected chi connectivity index (χ3v) is 2.76. The fourth-order valence-corrected chi connectivity index (χ4v) is 2.04. The number of anilines is 1. The Morgan fingerprint density at radius 3 is 2.71 bits per heavy atom. The molecule has 1 aliphatic rings. The summed E-state index contributed by atoms with van der Waals surface area (Å²) in [5, 5.41) is 4.47. The van der Waals surface area contributed by atoms with E-state index in [1.165, 1.54) is 19.3 Å². The van der Waals surface area contributed by atoms with Gasteiger partial charge in [-0.1, -0.05) is 0 Å². The van der Waals surface area contributed by atoms with Crippen LogP contribution < -0.4 is 10.6 Å². The number of aryl methyl sites for hydroxylation is 1. The van der Waals surface area contributed by atoms with Crippen LogP contribution in [-0.4, -0.2) is 22.9 Å². The smallest absolute Gasteiger partial charge is 0.155 e. The molecule has 4 nitrogen and oxygen atoms in total. The molecule has 0 bridgehead atoms. The van der Waals surface area contributed by atoms with E-state index in [2.05, 4.69) is 10.00 Å². The van der Waals surface area contributed by atoms with Crippen LogP contribution in [0.4, 0.5) is 5.82 Å². The van der Waals surface area contributed by atoms with Gasteiger partial charge in [0.15, 0.2) is 5.82 Å². The molecule has 1 aliphatic heterocycles. The minimum Gasteiger partial charge on any atom is -0.355 e. The molecular weight excluding hydrogens is 176 g/mol. The molecule has 2 heterocycles. The quantitative estimate of drug-likeness (QED) is 0.760. The molecule has 78 valence electrons. The Balaban J connectivity index is 2.20. The van der Waals surface area contributed by atoms with E-state index in [0.717, 1.165) is 24.5 Å². The first-order valence-corrected chi connectivity index (χ1v) is 5.29. The van der Waals surface area contributed by atoms with Crippen LogP contribution in [0.5, 0.6) is 0 Å². The maximum Gasteiger partial charge on any atom is 0.155 e. The van der Waals surface area contributed by atoms with Crippen molar-refractivity contribution in [2.24, 2.45) is 12.8 Å². The van der Waals surface area contributed by atoms with Crippen molar-refractivity contribution < 1.29 is 0 Å². The summed E-state index contributed by atoms with van der Waals surface area (Å²) in [6.45, 7) is 2.84. The minimum atomic E-state index is 0.583. The van der Waals surface area contributed by atoms with Gasteiger partial charge in [0, 0.05) is 38.4 Å². The molecule has 0 spiro atoms. The summed E-state index contributed by atoms with van der Waals surface area (Å²) in [6.07, 6.45) is 5.92. The first-order chi connectivity index (χ1) is 6.81. The summed E-state index contributed by atoms with van der Waals surface area (Å²) in [5.74, 6) is 1.09. The summed E-state index contributed by atoms with van der Waals surface area (Å²) in [4.78, 5) is 2.35. The Hall–Kier alpha value is -1.03. The van der Waals surface area contributed by atoms with E-state index in [4.69, 9.17) is 5.73 Å². The van der Waals surface area contributed by atoms with E-state index in [1.807, 2.05) is 17.9 Å². The number of nitrogens with two attached hydrogens (primary N) is 1. The van der Waals surface area contributed by atoms with Crippen LogP contribution in [0, 0.1) is 0 Å². The summed E-state index contributed by atoms with van der Waals surface area (Å²) in [5.41, 5.74) is 6.85. The maximum absolute atomic E-state index is 5.69. The Kier molecular flexibility index (Phi) is 2.72. The standard InChI is InChI=1S/C10H18N4/c1-13-8-9(7-11)10(12-13)14-5-3-2-4-6-14/h8H,2-7,11H2,1H3. The van der Waals surface area contributed by atoms with Gasteiger partial charge < -0.3 is 10.6 Å². The van der Waals surface area contributed by atoms with Crippen LogP contribution >= 0.6 is 0 Å². The van der Waals surface area contributed by atoms with E-state index < -0.39 is 0 Å². The van der Waals surface area contributed by atoms with Gasteiger partial charge in [-0.15, -0.1) is 0 Å². The van der Waals surface area contributed by atoms with Crippen molar-refractivity contribution >= 4 is 5.82 Å². The molecule has 2 rings (SSSR count). The Morgan fingerprint density at radius 2 is 2.07 bits per heavy atom. The highest BCUT2D eigenvalue weighted by atomic mass is 15.3. The van der Waals surface area contributed by atoms with Gasteiger partial charge in [0.25, 0.3) is 0 Å². The zero-order chi connectivity index (χ0) is 9.97. The normalized spacial score (nSPS) is 17.4. The van der Waals surface area contributed by atoms with Crippen molar-refractivity contribution in [2.75, 3.05) is 18.0 Å². The Bertz CT molecular complexity index is 299. The highest BCUT2D eigenvalue weighted by Gasteiger charge is 2.16. The van der Waals surface area contributed by atoms with Crippen molar-refractivity contribution in [3.63, 3.8) is 0 Å². The largest absolute Gasteiger partial charge is 0.355 e. The van der Waals surface area contributed by atoms with E-state index in [-0.39, 0.29) is 0 Å². The van der Waals surface area contributed by atoms with Crippen LogP contribution in [0.25, 0.3) is 0 Å². The third kappa shape index (κ3) is 1.75. The second kappa shape index (κ2) is 4.00. The van der Waals surface area contributed by atoms with Crippen molar-refractivity contribution in [2.45, 2.75) is 25.8 Å². The van der Waals surface area contributed by atoms with Crippen LogP contribution in [0.2, 0.25) is 0 Å². The van der Waals surface area contributed by atoms with E-state index in [9.17, 15) is 0 Å². The number of aromatic nitrogens is 2. The van der Waals surface area contributed by atoms with Gasteiger partial charge in [0.1, 0.15) is 0 Å². The molecular formula is C10H18N4. The average molecular weight is 194 g/mol. The molecule has 0 saturated carbocycles. The molecule has 0 unspecified atom stereocenters. The van der Waals surface area contributed by atoms with Gasteiger partial charge in [-0.05, 0) is 19.3 Å². The van der Waals surface area contributed by atoms with Gasteiger partial charge in [0.05, 0.1) is 0 Å². The summed E-state index contributed by atoms with van der Waals surface area (Å²) >= 11 is 0. The highest BCUT2D eigenvalue weighted by Crippen LogP contribution is 2.21. The maximum atomic E-state index is 5.69. The van der Waals surface area contributed by atoms with Crippen molar-refractivity contribution in [1.29, 1.82) is 0 Å². The molecule has 0 amide bonds. The van der Waals surface area contributed by atoms with E-state index in [1.54, 1.807) is 0 Å². The van der Waals surface area contributed by atoms with Gasteiger partial charge in [-0.25, -0.2) is 0 Å². The molecule has 0 radical (unpaired) electrons. The molecule has 1 saturated heterocycles. The Labute approximate surface area is 84.7 Å². The van der Waals surface area contributed by atoms with Gasteiger partial charge in [0.2, 0.25) is 0 Å². The molecule has 14 heavy (non-hydrogen) atoms. The van der Waals surface area contributed by atoms with Gasteiger partial charge in [-0.2, -0.15) is 5.10 Å². The molecule has 1 aromatic rings. The van der Waals surface area contributed by atoms with Crippen LogP contribution in [0.1, 0.15) is 24.8 Å². The summed E-state index contributed by atoms with van der Waals surface area (Å²) in [6, 6.07) is 0. The number of piperidine rings is 1. The molecule has 0 atom stereocenters. The Morgan fingerprint density at radius 1 is 1.36 bits per heavy atom. The number of rotatable bonds is 2. The molecule has 0 aliphatic carbocycles. The second-order valence-corrected chi connectivity index (χ2v) is 3.90. The minimum absolute atomic E-state index is 0.583. The number of nitrogens with zero attached hydrogens (tertiary/aromatic N) is 3. The van der Waals surface area contributed by atoms with Gasteiger partial charge in [-0.3, -0.25) is 4.68 Å². The molecule has 4 heteroatoms. The first-order valence-electron chi connectivity index (χ1n) is 5.29. The molecule has 0 aromatic carbocycles. The lowest BCUT2D eigenvalue weighted by Gasteiger charge is -2.27. The monoisotopic (exact) mass is 194 g/mol. The number of hydrogen-bond acceptors (Lipinski definition) is 3. The second-order valence-electron chi connectivity index (χ2n) is 3.90. The van der Waals surface area contributed by atoms with Crippen molar-refractivity contribution in [3.8, 4) is 0 Å². The molecule has 1 fully saturated rings. The lowest BCUT2D eigenvalue weighted by molar-refractivity contribution is 0.568. The third-order valence-electron chi connectivity index (χ3n) is 2.76. The topological polar surface area (TPSA) is 47.1 Å². The predicted octanol–water partition coefficient (Wildman–Crippen LogP) is 0.869. The van der Waals surface area contributed by atoms with Crippen LogP contribution in [0.3, 0.4) is 0 Å². The highest BCUT2D eigenvalue weighted by molar-refractivity contribution is 5.46. The van der Waals surface area contributed by atoms with Gasteiger partial charge >= 0.3 is 0 Å². The predicted molar refractivity (Wildman–Crippen MR) is 57.2 cm³/mol. The van der Waals surface area contributed by atoms with Crippen molar-refractivity contribution in [1.82, 2.24) is 9.78 Å². The first kappa shape index (κ1) is 9.52. The van der Waals surface area contributed by atoms with E-state index in [0.29, 0.717) is 6.54 Å².